The van der Waals surface area contributed by atoms with Crippen LogP contribution in [-0.4, -0.2) is 49.8 Å². The Morgan fingerprint density at radius 2 is 1.89 bits per heavy atom. The van der Waals surface area contributed by atoms with Crippen molar-refractivity contribution >= 4 is 0 Å². The summed E-state index contributed by atoms with van der Waals surface area (Å²) in [6.45, 7) is 7.22. The van der Waals surface area contributed by atoms with E-state index in [0.717, 1.165) is 6.54 Å². The van der Waals surface area contributed by atoms with Gasteiger partial charge in [-0.3, -0.25) is 0 Å². The van der Waals surface area contributed by atoms with Gasteiger partial charge in [-0.1, -0.05) is 6.42 Å². The van der Waals surface area contributed by atoms with Crippen LogP contribution in [0.5, 0.6) is 0 Å². The van der Waals surface area contributed by atoms with E-state index in [9.17, 15) is 0 Å². The molecule has 0 radical (unpaired) electrons. The SMILES string of the molecule is COC1(CCNC(C)CN2CCCCC2)CCC1. The van der Waals surface area contributed by atoms with E-state index in [4.69, 9.17) is 4.74 Å². The molecular formula is C15H30N2O. The Labute approximate surface area is 112 Å². The molecule has 2 fully saturated rings. The molecule has 0 amide bonds. The summed E-state index contributed by atoms with van der Waals surface area (Å²) in [4.78, 5) is 2.61. The van der Waals surface area contributed by atoms with E-state index < -0.39 is 0 Å². The zero-order chi connectivity index (χ0) is 12.8. The van der Waals surface area contributed by atoms with Gasteiger partial charge in [-0.25, -0.2) is 0 Å². The summed E-state index contributed by atoms with van der Waals surface area (Å²) >= 11 is 0. The third kappa shape index (κ3) is 3.94. The van der Waals surface area contributed by atoms with Crippen LogP contribution in [0.25, 0.3) is 0 Å². The lowest BCUT2D eigenvalue weighted by atomic mass is 9.77. The first-order valence-corrected chi connectivity index (χ1v) is 7.75. The summed E-state index contributed by atoms with van der Waals surface area (Å²) in [6.07, 6.45) is 9.23. The van der Waals surface area contributed by atoms with Gasteiger partial charge in [0.25, 0.3) is 0 Å². The van der Waals surface area contributed by atoms with Gasteiger partial charge in [0.15, 0.2) is 0 Å². The maximum absolute atomic E-state index is 5.66. The van der Waals surface area contributed by atoms with Crippen molar-refractivity contribution in [2.24, 2.45) is 0 Å². The number of likely N-dealkylation sites (tertiary alicyclic amines) is 1. The van der Waals surface area contributed by atoms with Crippen LogP contribution in [-0.2, 0) is 4.74 Å². The van der Waals surface area contributed by atoms with Crippen LogP contribution in [0, 0.1) is 0 Å². The van der Waals surface area contributed by atoms with Crippen LogP contribution >= 0.6 is 0 Å². The van der Waals surface area contributed by atoms with E-state index in [1.54, 1.807) is 0 Å². The van der Waals surface area contributed by atoms with Crippen LogP contribution in [0.1, 0.15) is 51.9 Å². The highest BCUT2D eigenvalue weighted by Crippen LogP contribution is 2.37. The molecule has 3 heteroatoms. The van der Waals surface area contributed by atoms with E-state index >= 15 is 0 Å². The molecule has 0 bridgehead atoms. The molecule has 3 nitrogen and oxygen atoms in total. The maximum atomic E-state index is 5.66. The van der Waals surface area contributed by atoms with E-state index in [1.165, 1.54) is 64.6 Å². The molecule has 106 valence electrons. The van der Waals surface area contributed by atoms with Crippen molar-refractivity contribution in [3.8, 4) is 0 Å². The first-order chi connectivity index (χ1) is 8.74. The van der Waals surface area contributed by atoms with Gasteiger partial charge in [0, 0.05) is 19.7 Å². The van der Waals surface area contributed by atoms with Crippen molar-refractivity contribution in [1.82, 2.24) is 10.2 Å². The van der Waals surface area contributed by atoms with Gasteiger partial charge in [-0.05, 0) is 65.1 Å². The lowest BCUT2D eigenvalue weighted by Gasteiger charge is -2.41. The normalized spacial score (nSPS) is 25.7. The van der Waals surface area contributed by atoms with E-state index in [0.29, 0.717) is 6.04 Å². The summed E-state index contributed by atoms with van der Waals surface area (Å²) in [5.74, 6) is 0. The standard InChI is InChI=1S/C15H30N2O/c1-14(13-17-11-4-3-5-12-17)16-10-9-15(18-2)7-6-8-15/h14,16H,3-13H2,1-2H3. The van der Waals surface area contributed by atoms with Gasteiger partial charge in [0.05, 0.1) is 5.60 Å². The number of nitrogens with zero attached hydrogens (tertiary/aromatic N) is 1. The smallest absolute Gasteiger partial charge is 0.0690 e. The highest BCUT2D eigenvalue weighted by atomic mass is 16.5. The Morgan fingerprint density at radius 3 is 2.44 bits per heavy atom. The zero-order valence-corrected chi connectivity index (χ0v) is 12.2. The van der Waals surface area contributed by atoms with E-state index in [1.807, 2.05) is 7.11 Å². The summed E-state index contributed by atoms with van der Waals surface area (Å²) in [5.41, 5.74) is 0.220. The number of ether oxygens (including phenoxy) is 1. The Hall–Kier alpha value is -0.120. The summed E-state index contributed by atoms with van der Waals surface area (Å²) in [6, 6.07) is 0.608. The second-order valence-electron chi connectivity index (χ2n) is 6.21. The molecule has 1 saturated heterocycles. The van der Waals surface area contributed by atoms with Crippen LogP contribution in [0.3, 0.4) is 0 Å². The molecule has 0 aromatic heterocycles. The monoisotopic (exact) mass is 254 g/mol. The fraction of sp³-hybridized carbons (Fsp3) is 1.00. The van der Waals surface area contributed by atoms with Crippen molar-refractivity contribution in [2.75, 3.05) is 33.3 Å². The number of hydrogen-bond acceptors (Lipinski definition) is 3. The molecule has 1 atom stereocenters. The van der Waals surface area contributed by atoms with Crippen molar-refractivity contribution < 1.29 is 4.74 Å². The lowest BCUT2D eigenvalue weighted by molar-refractivity contribution is -0.0771. The van der Waals surface area contributed by atoms with Gasteiger partial charge < -0.3 is 15.0 Å². The van der Waals surface area contributed by atoms with E-state index in [-0.39, 0.29) is 5.60 Å². The molecule has 1 heterocycles. The molecule has 18 heavy (non-hydrogen) atoms. The molecule has 1 aliphatic carbocycles. The summed E-state index contributed by atoms with van der Waals surface area (Å²) < 4.78 is 5.66. The third-order valence-electron chi connectivity index (χ3n) is 4.75. The minimum Gasteiger partial charge on any atom is -0.378 e. The quantitative estimate of drug-likeness (QED) is 0.755. The number of rotatable bonds is 7. The van der Waals surface area contributed by atoms with Crippen LogP contribution in [0.4, 0.5) is 0 Å². The highest BCUT2D eigenvalue weighted by Gasteiger charge is 2.36. The Morgan fingerprint density at radius 1 is 1.17 bits per heavy atom. The molecule has 1 unspecified atom stereocenters. The van der Waals surface area contributed by atoms with Crippen molar-refractivity contribution in [1.29, 1.82) is 0 Å². The van der Waals surface area contributed by atoms with E-state index in [2.05, 4.69) is 17.1 Å². The molecule has 2 rings (SSSR count). The van der Waals surface area contributed by atoms with Crippen molar-refractivity contribution in [3.63, 3.8) is 0 Å². The van der Waals surface area contributed by atoms with Gasteiger partial charge in [-0.15, -0.1) is 0 Å². The maximum Gasteiger partial charge on any atom is 0.0690 e. The highest BCUT2D eigenvalue weighted by molar-refractivity contribution is 4.90. The molecule has 2 aliphatic rings. The third-order valence-corrected chi connectivity index (χ3v) is 4.75. The van der Waals surface area contributed by atoms with Gasteiger partial charge >= 0.3 is 0 Å². The largest absolute Gasteiger partial charge is 0.378 e. The topological polar surface area (TPSA) is 24.5 Å². The predicted octanol–water partition coefficient (Wildman–Crippen LogP) is 2.41. The Bertz CT molecular complexity index is 229. The molecule has 1 saturated carbocycles. The Kier molecular flexibility index (Phi) is 5.46. The second-order valence-corrected chi connectivity index (χ2v) is 6.21. The summed E-state index contributed by atoms with van der Waals surface area (Å²) in [5, 5.41) is 3.67. The average molecular weight is 254 g/mol. The molecule has 0 aromatic carbocycles. The van der Waals surface area contributed by atoms with Crippen LogP contribution < -0.4 is 5.32 Å². The fourth-order valence-corrected chi connectivity index (χ4v) is 3.27. The fourth-order valence-electron chi connectivity index (χ4n) is 3.27. The molecule has 0 aromatic rings. The first kappa shape index (κ1) is 14.3. The van der Waals surface area contributed by atoms with Crippen molar-refractivity contribution in [2.45, 2.75) is 63.5 Å². The zero-order valence-electron chi connectivity index (χ0n) is 12.2. The average Bonchev–Trinajstić information content (AvgIpc) is 2.34. The first-order valence-electron chi connectivity index (χ1n) is 7.75. The minimum atomic E-state index is 0.220. The molecule has 1 N–H and O–H groups in total. The van der Waals surface area contributed by atoms with Crippen LogP contribution in [0.15, 0.2) is 0 Å². The van der Waals surface area contributed by atoms with Gasteiger partial charge in [0.1, 0.15) is 0 Å². The van der Waals surface area contributed by atoms with Crippen LogP contribution in [0.2, 0.25) is 0 Å². The number of nitrogens with one attached hydrogen (secondary N) is 1. The lowest BCUT2D eigenvalue weighted by Crippen LogP contribution is -2.45. The second kappa shape index (κ2) is 6.88. The molecular weight excluding hydrogens is 224 g/mol. The number of piperidine rings is 1. The minimum absolute atomic E-state index is 0.220. The number of hydrogen-bond donors (Lipinski definition) is 1. The van der Waals surface area contributed by atoms with Crippen molar-refractivity contribution in [3.05, 3.63) is 0 Å². The Balaban J connectivity index is 1.57. The predicted molar refractivity (Wildman–Crippen MR) is 76.0 cm³/mol. The number of methoxy groups -OCH3 is 1. The van der Waals surface area contributed by atoms with Gasteiger partial charge in [-0.2, -0.15) is 0 Å². The van der Waals surface area contributed by atoms with Gasteiger partial charge in [0.2, 0.25) is 0 Å². The molecule has 1 aliphatic heterocycles. The molecule has 0 spiro atoms. The summed E-state index contributed by atoms with van der Waals surface area (Å²) in [7, 11) is 1.87.